The van der Waals surface area contributed by atoms with Gasteiger partial charge in [0.2, 0.25) is 5.17 Å². The second-order valence-electron chi connectivity index (χ2n) is 8.32. The minimum absolute atomic E-state index is 0.0159. The number of rotatable bonds is 4. The minimum Gasteiger partial charge on any atom is -0.342 e. The number of thioether (sulfide) groups is 1. The van der Waals surface area contributed by atoms with Gasteiger partial charge in [-0.3, -0.25) is 15.2 Å². The fourth-order valence-electron chi connectivity index (χ4n) is 4.25. The summed E-state index contributed by atoms with van der Waals surface area (Å²) in [6, 6.07) is 20.1. The van der Waals surface area contributed by atoms with Gasteiger partial charge in [0.25, 0.3) is 5.91 Å². The predicted molar refractivity (Wildman–Crippen MR) is 141 cm³/mol. The molecular formula is C27H20N6OS. The second-order valence-corrected chi connectivity index (χ2v) is 9.28. The summed E-state index contributed by atoms with van der Waals surface area (Å²) in [4.78, 5) is 21.3. The third-order valence-electron chi connectivity index (χ3n) is 6.08. The largest absolute Gasteiger partial charge is 0.342 e. The number of aliphatic imine (C=N–C) groups is 1. The lowest BCUT2D eigenvalue weighted by Gasteiger charge is -2.20. The van der Waals surface area contributed by atoms with E-state index in [0.717, 1.165) is 22.0 Å². The van der Waals surface area contributed by atoms with E-state index in [9.17, 15) is 4.79 Å². The van der Waals surface area contributed by atoms with Gasteiger partial charge in [-0.05, 0) is 54.1 Å². The van der Waals surface area contributed by atoms with Gasteiger partial charge in [0, 0.05) is 47.2 Å². The van der Waals surface area contributed by atoms with E-state index in [-0.39, 0.29) is 11.4 Å². The maximum atomic E-state index is 13.0. The second kappa shape index (κ2) is 8.48. The number of amides is 1. The molecular weight excluding hydrogens is 456 g/mol. The number of aryl methyl sites for hydroxylation is 1. The maximum absolute atomic E-state index is 13.0. The molecule has 0 saturated carbocycles. The lowest BCUT2D eigenvalue weighted by atomic mass is 10.1. The van der Waals surface area contributed by atoms with E-state index < -0.39 is 5.91 Å². The highest BCUT2D eigenvalue weighted by Crippen LogP contribution is 2.32. The summed E-state index contributed by atoms with van der Waals surface area (Å²) in [6.45, 7) is 2.82. The Morgan fingerprint density at radius 2 is 1.89 bits per heavy atom. The number of benzene rings is 2. The lowest BCUT2D eigenvalue weighted by molar-refractivity contribution is -0.114. The fourth-order valence-corrected chi connectivity index (χ4v) is 5.13. The van der Waals surface area contributed by atoms with Crippen molar-refractivity contribution in [3.63, 3.8) is 0 Å². The van der Waals surface area contributed by atoms with E-state index in [0.29, 0.717) is 16.8 Å². The molecule has 2 aromatic carbocycles. The normalized spacial score (nSPS) is 16.6. The maximum Gasteiger partial charge on any atom is 0.283 e. The number of hydrogen-bond donors (Lipinski definition) is 1. The van der Waals surface area contributed by atoms with E-state index in [4.69, 9.17) is 5.41 Å². The van der Waals surface area contributed by atoms with Crippen molar-refractivity contribution in [1.82, 2.24) is 14.6 Å². The summed E-state index contributed by atoms with van der Waals surface area (Å²) in [5.41, 5.74) is 5.42. The van der Waals surface area contributed by atoms with Gasteiger partial charge in [0.05, 0.1) is 5.57 Å². The summed E-state index contributed by atoms with van der Waals surface area (Å²) in [7, 11) is 0. The molecule has 4 heterocycles. The Balaban J connectivity index is 1.39. The SMILES string of the molecule is Cc1ccccc1Cn1cc(/C=C2/C(=N)N3N=C(c4cccnc4)SC3=NC2=O)c2ccccc21. The molecule has 35 heavy (non-hydrogen) atoms. The molecule has 8 heteroatoms. The van der Waals surface area contributed by atoms with Crippen LogP contribution < -0.4 is 0 Å². The van der Waals surface area contributed by atoms with Crippen LogP contribution in [0.3, 0.4) is 0 Å². The Kier molecular flexibility index (Phi) is 5.15. The third kappa shape index (κ3) is 3.77. The van der Waals surface area contributed by atoms with Crippen LogP contribution in [0, 0.1) is 12.3 Å². The van der Waals surface area contributed by atoms with Gasteiger partial charge >= 0.3 is 0 Å². The first-order valence-electron chi connectivity index (χ1n) is 11.1. The van der Waals surface area contributed by atoms with Crippen LogP contribution >= 0.6 is 11.8 Å². The molecule has 6 rings (SSSR count). The van der Waals surface area contributed by atoms with Crippen molar-refractivity contribution in [3.8, 4) is 0 Å². The number of carbonyl (C=O) groups is 1. The zero-order valence-electron chi connectivity index (χ0n) is 18.8. The number of pyridine rings is 1. The summed E-state index contributed by atoms with van der Waals surface area (Å²) in [5.74, 6) is -0.422. The lowest BCUT2D eigenvalue weighted by Crippen LogP contribution is -2.35. The van der Waals surface area contributed by atoms with Crippen molar-refractivity contribution < 1.29 is 4.79 Å². The molecule has 1 amide bonds. The Morgan fingerprint density at radius 1 is 1.06 bits per heavy atom. The van der Waals surface area contributed by atoms with Crippen LogP contribution in [-0.4, -0.2) is 36.5 Å². The number of fused-ring (bicyclic) bond motifs is 2. The van der Waals surface area contributed by atoms with E-state index in [1.807, 2.05) is 48.7 Å². The molecule has 0 unspecified atom stereocenters. The minimum atomic E-state index is -0.438. The molecule has 4 aromatic rings. The Bertz CT molecular complexity index is 1600. The van der Waals surface area contributed by atoms with Crippen LogP contribution in [0.15, 0.2) is 94.9 Å². The van der Waals surface area contributed by atoms with Crippen LogP contribution in [0.5, 0.6) is 0 Å². The van der Waals surface area contributed by atoms with E-state index in [1.54, 1.807) is 18.5 Å². The first kappa shape index (κ1) is 21.2. The van der Waals surface area contributed by atoms with Crippen LogP contribution in [0.1, 0.15) is 22.3 Å². The molecule has 170 valence electrons. The smallest absolute Gasteiger partial charge is 0.283 e. The molecule has 2 aliphatic rings. The topological polar surface area (TPSA) is 86.7 Å². The molecule has 0 fully saturated rings. The van der Waals surface area contributed by atoms with Gasteiger partial charge in [-0.25, -0.2) is 0 Å². The summed E-state index contributed by atoms with van der Waals surface area (Å²) in [5, 5.41) is 16.8. The quantitative estimate of drug-likeness (QED) is 0.417. The Hall–Kier alpha value is -4.30. The van der Waals surface area contributed by atoms with Crippen molar-refractivity contribution in [2.24, 2.45) is 10.1 Å². The monoisotopic (exact) mass is 476 g/mol. The number of para-hydroxylation sites is 1. The fraction of sp³-hybridized carbons (Fsp3) is 0.0741. The summed E-state index contributed by atoms with van der Waals surface area (Å²) >= 11 is 1.27. The molecule has 2 aliphatic heterocycles. The standard InChI is InChI=1S/C27H20N6OS/c1-17-7-2-3-8-19(17)15-32-16-20(21-10-4-5-11-23(21)32)13-22-24(28)33-27(30-25(22)34)35-26(31-33)18-9-6-12-29-14-18/h2-14,16,28H,15H2,1H3/b22-13-,28-24?. The first-order valence-corrected chi connectivity index (χ1v) is 11.9. The molecule has 2 aromatic heterocycles. The van der Waals surface area contributed by atoms with Crippen molar-refractivity contribution in [2.45, 2.75) is 13.5 Å². The van der Waals surface area contributed by atoms with Crippen LogP contribution in [0.25, 0.3) is 17.0 Å². The molecule has 7 nitrogen and oxygen atoms in total. The number of carbonyl (C=O) groups excluding carboxylic acids is 1. The van der Waals surface area contributed by atoms with Crippen LogP contribution in [0.2, 0.25) is 0 Å². The molecule has 0 bridgehead atoms. The molecule has 0 atom stereocenters. The van der Waals surface area contributed by atoms with Crippen molar-refractivity contribution in [2.75, 3.05) is 0 Å². The Labute approximate surface area is 206 Å². The van der Waals surface area contributed by atoms with Gasteiger partial charge in [-0.15, -0.1) is 0 Å². The zero-order chi connectivity index (χ0) is 23.9. The number of amidine groups is 2. The number of aromatic nitrogens is 2. The highest BCUT2D eigenvalue weighted by molar-refractivity contribution is 8.27. The van der Waals surface area contributed by atoms with E-state index in [2.05, 4.69) is 44.8 Å². The Morgan fingerprint density at radius 3 is 2.71 bits per heavy atom. The molecule has 1 N–H and O–H groups in total. The molecule has 0 spiro atoms. The van der Waals surface area contributed by atoms with Crippen molar-refractivity contribution >= 4 is 50.7 Å². The molecule has 0 radical (unpaired) electrons. The van der Waals surface area contributed by atoms with E-state index >= 15 is 0 Å². The number of hydrazone groups is 1. The van der Waals surface area contributed by atoms with Crippen molar-refractivity contribution in [1.29, 1.82) is 5.41 Å². The summed E-state index contributed by atoms with van der Waals surface area (Å²) in [6.07, 6.45) is 7.18. The number of nitrogens with zero attached hydrogens (tertiary/aromatic N) is 5. The van der Waals surface area contributed by atoms with Crippen LogP contribution in [0.4, 0.5) is 0 Å². The average Bonchev–Trinajstić information content (AvgIpc) is 3.46. The third-order valence-corrected chi connectivity index (χ3v) is 7.04. The van der Waals surface area contributed by atoms with Gasteiger partial charge in [-0.1, -0.05) is 42.5 Å². The van der Waals surface area contributed by atoms with E-state index in [1.165, 1.54) is 27.9 Å². The first-order chi connectivity index (χ1) is 17.1. The van der Waals surface area contributed by atoms with Crippen molar-refractivity contribution in [3.05, 3.63) is 107 Å². The van der Waals surface area contributed by atoms with Gasteiger partial charge in [0.1, 0.15) is 5.04 Å². The number of hydrogen-bond acceptors (Lipinski definition) is 5. The predicted octanol–water partition coefficient (Wildman–Crippen LogP) is 5.06. The average molecular weight is 477 g/mol. The summed E-state index contributed by atoms with van der Waals surface area (Å²) < 4.78 is 2.18. The van der Waals surface area contributed by atoms with Gasteiger partial charge in [0.15, 0.2) is 5.84 Å². The highest BCUT2D eigenvalue weighted by atomic mass is 32.2. The highest BCUT2D eigenvalue weighted by Gasteiger charge is 2.36. The van der Waals surface area contributed by atoms with Gasteiger partial charge in [-0.2, -0.15) is 15.1 Å². The van der Waals surface area contributed by atoms with Crippen LogP contribution in [-0.2, 0) is 11.3 Å². The molecule has 0 saturated heterocycles. The van der Waals surface area contributed by atoms with Gasteiger partial charge < -0.3 is 4.57 Å². The zero-order valence-corrected chi connectivity index (χ0v) is 19.7. The molecule has 0 aliphatic carbocycles. The number of nitrogens with one attached hydrogen (secondary N) is 1.